The van der Waals surface area contributed by atoms with Gasteiger partial charge in [0.15, 0.2) is 5.78 Å². The Morgan fingerprint density at radius 1 is 1.00 bits per heavy atom. The molecule has 0 bridgehead atoms. The van der Waals surface area contributed by atoms with Crippen molar-refractivity contribution in [1.29, 1.82) is 0 Å². The monoisotopic (exact) mass is 328 g/mol. The van der Waals surface area contributed by atoms with Crippen molar-refractivity contribution in [2.75, 3.05) is 6.61 Å². The van der Waals surface area contributed by atoms with Gasteiger partial charge in [0.1, 0.15) is 6.61 Å². The molecule has 0 fully saturated rings. The highest BCUT2D eigenvalue weighted by atomic mass is 32.2. The predicted molar refractivity (Wildman–Crippen MR) is 92.7 cm³/mol. The number of benzene rings is 2. The Morgan fingerprint density at radius 3 is 2.22 bits per heavy atom. The highest BCUT2D eigenvalue weighted by Gasteiger charge is 2.15. The van der Waals surface area contributed by atoms with Crippen LogP contribution in [0.2, 0.25) is 0 Å². The van der Waals surface area contributed by atoms with Gasteiger partial charge >= 0.3 is 5.97 Å². The molecule has 0 spiro atoms. The molecular weight excluding hydrogens is 308 g/mol. The Hall–Kier alpha value is -2.07. The zero-order valence-corrected chi connectivity index (χ0v) is 13.9. The van der Waals surface area contributed by atoms with Crippen LogP contribution in [0, 0.1) is 0 Å². The van der Waals surface area contributed by atoms with Crippen molar-refractivity contribution in [3.8, 4) is 0 Å². The zero-order valence-electron chi connectivity index (χ0n) is 13.1. The Labute approximate surface area is 141 Å². The maximum absolute atomic E-state index is 12.2. The molecule has 0 aromatic heterocycles. The van der Waals surface area contributed by atoms with E-state index in [0.29, 0.717) is 19.4 Å². The lowest BCUT2D eigenvalue weighted by atomic mass is 10.1. The molecule has 0 saturated heterocycles. The van der Waals surface area contributed by atoms with Gasteiger partial charge in [0.2, 0.25) is 0 Å². The number of esters is 1. The van der Waals surface area contributed by atoms with Crippen LogP contribution >= 0.6 is 11.8 Å². The number of thioether (sulfide) groups is 1. The molecule has 0 saturated carbocycles. The number of carbonyl (C=O) groups excluding carboxylic acids is 2. The molecule has 2 rings (SSSR count). The summed E-state index contributed by atoms with van der Waals surface area (Å²) in [4.78, 5) is 24.4. The molecule has 0 N–H and O–H groups in total. The van der Waals surface area contributed by atoms with Crippen LogP contribution in [0.4, 0.5) is 0 Å². The molecule has 4 heteroatoms. The van der Waals surface area contributed by atoms with E-state index in [1.165, 1.54) is 6.92 Å². The Morgan fingerprint density at radius 2 is 1.61 bits per heavy atom. The van der Waals surface area contributed by atoms with Gasteiger partial charge in [-0.05, 0) is 18.6 Å². The first-order valence-corrected chi connectivity index (χ1v) is 8.46. The first kappa shape index (κ1) is 17.3. The topological polar surface area (TPSA) is 43.4 Å². The van der Waals surface area contributed by atoms with Gasteiger partial charge in [-0.25, -0.2) is 0 Å². The summed E-state index contributed by atoms with van der Waals surface area (Å²) in [6.45, 7) is 1.72. The van der Waals surface area contributed by atoms with Gasteiger partial charge in [0.05, 0.1) is 0 Å². The second-order valence-electron chi connectivity index (χ2n) is 5.18. The van der Waals surface area contributed by atoms with Crippen molar-refractivity contribution in [1.82, 2.24) is 0 Å². The van der Waals surface area contributed by atoms with E-state index in [2.05, 4.69) is 0 Å². The van der Waals surface area contributed by atoms with Crippen LogP contribution in [0.5, 0.6) is 0 Å². The Bertz CT molecular complexity index is 626. The third-order valence-corrected chi connectivity index (χ3v) is 4.56. The third kappa shape index (κ3) is 6.28. The van der Waals surface area contributed by atoms with Crippen molar-refractivity contribution in [2.45, 2.75) is 29.9 Å². The molecule has 2 aromatic carbocycles. The van der Waals surface area contributed by atoms with E-state index >= 15 is 0 Å². The SMILES string of the molecule is CC(=O)OCC(CCC(=O)c1ccccc1)Sc1ccccc1. The first-order valence-electron chi connectivity index (χ1n) is 7.58. The summed E-state index contributed by atoms with van der Waals surface area (Å²) >= 11 is 1.64. The van der Waals surface area contributed by atoms with E-state index in [-0.39, 0.29) is 17.0 Å². The first-order chi connectivity index (χ1) is 11.1. The average molecular weight is 328 g/mol. The van der Waals surface area contributed by atoms with Crippen LogP contribution < -0.4 is 0 Å². The lowest BCUT2D eigenvalue weighted by Crippen LogP contribution is -2.16. The van der Waals surface area contributed by atoms with E-state index in [0.717, 1.165) is 10.5 Å². The Kier molecular flexibility index (Phi) is 6.88. The summed E-state index contributed by atoms with van der Waals surface area (Å²) in [5.41, 5.74) is 0.725. The van der Waals surface area contributed by atoms with Crippen molar-refractivity contribution >= 4 is 23.5 Å². The van der Waals surface area contributed by atoms with Crippen molar-refractivity contribution in [3.05, 3.63) is 66.2 Å². The predicted octanol–water partition coefficient (Wildman–Crippen LogP) is 4.37. The number of rotatable bonds is 8. The van der Waals surface area contributed by atoms with E-state index in [9.17, 15) is 9.59 Å². The fourth-order valence-corrected chi connectivity index (χ4v) is 3.21. The minimum absolute atomic E-state index is 0.0639. The van der Waals surface area contributed by atoms with Gasteiger partial charge in [0.25, 0.3) is 0 Å². The minimum atomic E-state index is -0.293. The number of ether oxygens (including phenoxy) is 1. The fraction of sp³-hybridized carbons (Fsp3) is 0.263. The fourth-order valence-electron chi connectivity index (χ4n) is 2.14. The zero-order chi connectivity index (χ0) is 16.5. The van der Waals surface area contributed by atoms with Gasteiger partial charge in [-0.3, -0.25) is 9.59 Å². The molecule has 1 atom stereocenters. The largest absolute Gasteiger partial charge is 0.465 e. The lowest BCUT2D eigenvalue weighted by molar-refractivity contribution is -0.140. The number of hydrogen-bond donors (Lipinski definition) is 0. The second kappa shape index (κ2) is 9.16. The third-order valence-electron chi connectivity index (χ3n) is 3.31. The number of Topliss-reactive ketones (excluding diaryl/α,β-unsaturated/α-hetero) is 1. The second-order valence-corrected chi connectivity index (χ2v) is 6.56. The van der Waals surface area contributed by atoms with E-state index in [1.807, 2.05) is 60.7 Å². The molecule has 0 radical (unpaired) electrons. The molecule has 3 nitrogen and oxygen atoms in total. The van der Waals surface area contributed by atoms with Crippen molar-refractivity contribution < 1.29 is 14.3 Å². The maximum atomic E-state index is 12.2. The lowest BCUT2D eigenvalue weighted by Gasteiger charge is -2.16. The van der Waals surface area contributed by atoms with Crippen LogP contribution in [0.3, 0.4) is 0 Å². The van der Waals surface area contributed by atoms with Crippen molar-refractivity contribution in [2.24, 2.45) is 0 Å². The summed E-state index contributed by atoms with van der Waals surface area (Å²) in [6, 6.07) is 19.2. The van der Waals surface area contributed by atoms with Crippen LogP contribution in [0.25, 0.3) is 0 Å². The molecule has 0 heterocycles. The van der Waals surface area contributed by atoms with E-state index < -0.39 is 0 Å². The molecule has 120 valence electrons. The van der Waals surface area contributed by atoms with Crippen LogP contribution in [-0.4, -0.2) is 23.6 Å². The summed E-state index contributed by atoms with van der Waals surface area (Å²) in [7, 11) is 0. The van der Waals surface area contributed by atoms with Gasteiger partial charge in [-0.15, -0.1) is 11.8 Å². The van der Waals surface area contributed by atoms with Gasteiger partial charge < -0.3 is 4.74 Å². The Balaban J connectivity index is 1.94. The quantitative estimate of drug-likeness (QED) is 0.410. The molecule has 23 heavy (non-hydrogen) atoms. The highest BCUT2D eigenvalue weighted by molar-refractivity contribution is 8.00. The number of hydrogen-bond acceptors (Lipinski definition) is 4. The molecule has 0 amide bonds. The number of ketones is 1. The number of carbonyl (C=O) groups is 2. The summed E-state index contributed by atoms with van der Waals surface area (Å²) < 4.78 is 5.14. The smallest absolute Gasteiger partial charge is 0.302 e. The van der Waals surface area contributed by atoms with Crippen LogP contribution in [0.1, 0.15) is 30.1 Å². The summed E-state index contributed by atoms with van der Waals surface area (Å²) in [6.07, 6.45) is 1.11. The molecule has 0 aliphatic carbocycles. The standard InChI is InChI=1S/C19H20O3S/c1-15(20)22-14-18(23-17-10-6-3-7-11-17)12-13-19(21)16-8-4-2-5-9-16/h2-11,18H,12-14H2,1H3. The molecule has 0 aliphatic heterocycles. The molecule has 0 aliphatic rings. The van der Waals surface area contributed by atoms with Gasteiger partial charge in [0, 0.05) is 29.1 Å². The molecule has 1 unspecified atom stereocenters. The summed E-state index contributed by atoms with van der Waals surface area (Å²) in [5.74, 6) is -0.176. The molecular formula is C19H20O3S. The van der Waals surface area contributed by atoms with Crippen LogP contribution in [-0.2, 0) is 9.53 Å². The van der Waals surface area contributed by atoms with Crippen molar-refractivity contribution in [3.63, 3.8) is 0 Å². The normalized spacial score (nSPS) is 11.7. The van der Waals surface area contributed by atoms with E-state index in [1.54, 1.807) is 11.8 Å². The van der Waals surface area contributed by atoms with Gasteiger partial charge in [-0.2, -0.15) is 0 Å². The van der Waals surface area contributed by atoms with Gasteiger partial charge in [-0.1, -0.05) is 48.5 Å². The van der Waals surface area contributed by atoms with E-state index in [4.69, 9.17) is 4.74 Å². The highest BCUT2D eigenvalue weighted by Crippen LogP contribution is 2.27. The van der Waals surface area contributed by atoms with Crippen LogP contribution in [0.15, 0.2) is 65.6 Å². The molecule has 2 aromatic rings. The average Bonchev–Trinajstić information content (AvgIpc) is 2.58. The summed E-state index contributed by atoms with van der Waals surface area (Å²) in [5, 5.41) is 0.0639. The minimum Gasteiger partial charge on any atom is -0.465 e. The maximum Gasteiger partial charge on any atom is 0.302 e.